The maximum Gasteiger partial charge on any atom is 0.341 e. The monoisotopic (exact) mass is 210 g/mol. The lowest BCUT2D eigenvalue weighted by atomic mass is 10.1. The average molecular weight is 211 g/mol. The van der Waals surface area contributed by atoms with Crippen molar-refractivity contribution >= 4 is 28.5 Å². The molecule has 0 aliphatic rings. The summed E-state index contributed by atoms with van der Waals surface area (Å²) in [5.41, 5.74) is 0.848. The second-order valence-corrected chi connectivity index (χ2v) is 3.16. The summed E-state index contributed by atoms with van der Waals surface area (Å²) in [4.78, 5) is 11.3. The lowest BCUT2D eigenvalue weighted by Crippen LogP contribution is -2.01. The van der Waals surface area contributed by atoms with Crippen LogP contribution in [0.5, 0.6) is 0 Å². The van der Waals surface area contributed by atoms with E-state index in [4.69, 9.17) is 16.0 Å². The summed E-state index contributed by atoms with van der Waals surface area (Å²) in [5, 5.41) is 1.27. The molecule has 2 rings (SSSR count). The number of carbonyl (C=O) groups is 1. The third-order valence-corrected chi connectivity index (χ3v) is 2.30. The number of furan rings is 1. The van der Waals surface area contributed by atoms with Crippen molar-refractivity contribution < 1.29 is 13.9 Å². The van der Waals surface area contributed by atoms with Gasteiger partial charge in [-0.3, -0.25) is 0 Å². The molecule has 0 radical (unpaired) electrons. The molecular weight excluding hydrogens is 204 g/mol. The Kier molecular flexibility index (Phi) is 2.17. The van der Waals surface area contributed by atoms with Gasteiger partial charge in [-0.1, -0.05) is 11.6 Å². The van der Waals surface area contributed by atoms with E-state index in [0.29, 0.717) is 16.2 Å². The van der Waals surface area contributed by atoms with Crippen LogP contribution in [0.1, 0.15) is 10.4 Å². The Morgan fingerprint density at radius 2 is 2.21 bits per heavy atom. The maximum absolute atomic E-state index is 11.3. The highest BCUT2D eigenvalue weighted by Crippen LogP contribution is 2.27. The number of rotatable bonds is 1. The summed E-state index contributed by atoms with van der Waals surface area (Å²) in [7, 11) is 1.33. The van der Waals surface area contributed by atoms with E-state index >= 15 is 0 Å². The molecule has 1 aromatic carbocycles. The highest BCUT2D eigenvalue weighted by molar-refractivity contribution is 6.35. The molecule has 72 valence electrons. The summed E-state index contributed by atoms with van der Waals surface area (Å²) in [5.74, 6) is -0.429. The molecule has 0 saturated heterocycles. The Labute approximate surface area is 85.2 Å². The van der Waals surface area contributed by atoms with Crippen LogP contribution in [0.25, 0.3) is 11.0 Å². The molecule has 2 aromatic rings. The molecule has 0 spiro atoms. The van der Waals surface area contributed by atoms with Gasteiger partial charge in [0.1, 0.15) is 11.1 Å². The lowest BCUT2D eigenvalue weighted by Gasteiger charge is -2.00. The highest BCUT2D eigenvalue weighted by Gasteiger charge is 2.14. The fourth-order valence-electron chi connectivity index (χ4n) is 1.30. The van der Waals surface area contributed by atoms with Crippen molar-refractivity contribution in [1.29, 1.82) is 0 Å². The first-order chi connectivity index (χ1) is 6.74. The zero-order chi connectivity index (χ0) is 10.1. The summed E-state index contributed by atoms with van der Waals surface area (Å²) >= 11 is 5.91. The molecule has 0 fully saturated rings. The average Bonchev–Trinajstić information content (AvgIpc) is 2.67. The summed E-state index contributed by atoms with van der Waals surface area (Å²) < 4.78 is 9.78. The minimum atomic E-state index is -0.429. The van der Waals surface area contributed by atoms with Gasteiger partial charge in [0.15, 0.2) is 0 Å². The predicted octanol–water partition coefficient (Wildman–Crippen LogP) is 2.87. The molecule has 4 heteroatoms. The van der Waals surface area contributed by atoms with E-state index in [1.54, 1.807) is 18.2 Å². The SMILES string of the molecule is COC(=O)c1ccc(Cl)c2ccoc12. The second kappa shape index (κ2) is 3.35. The van der Waals surface area contributed by atoms with Gasteiger partial charge in [0.05, 0.1) is 18.4 Å². The van der Waals surface area contributed by atoms with Crippen molar-refractivity contribution in [3.05, 3.63) is 35.0 Å². The van der Waals surface area contributed by atoms with Crippen LogP contribution in [0.2, 0.25) is 5.02 Å². The Morgan fingerprint density at radius 3 is 2.93 bits per heavy atom. The molecule has 0 unspecified atom stereocenters. The van der Waals surface area contributed by atoms with Gasteiger partial charge in [0.2, 0.25) is 0 Å². The number of hydrogen-bond acceptors (Lipinski definition) is 3. The van der Waals surface area contributed by atoms with E-state index in [2.05, 4.69) is 4.74 Å². The van der Waals surface area contributed by atoms with E-state index in [-0.39, 0.29) is 0 Å². The molecule has 1 aromatic heterocycles. The second-order valence-electron chi connectivity index (χ2n) is 2.75. The van der Waals surface area contributed by atoms with Crippen molar-refractivity contribution in [2.24, 2.45) is 0 Å². The number of fused-ring (bicyclic) bond motifs is 1. The Balaban J connectivity index is 2.72. The van der Waals surface area contributed by atoms with Crippen LogP contribution in [0, 0.1) is 0 Å². The largest absolute Gasteiger partial charge is 0.465 e. The molecule has 0 saturated carbocycles. The normalized spacial score (nSPS) is 10.4. The van der Waals surface area contributed by atoms with Gasteiger partial charge in [0.25, 0.3) is 0 Å². The molecule has 0 bridgehead atoms. The molecule has 1 heterocycles. The third kappa shape index (κ3) is 1.26. The van der Waals surface area contributed by atoms with Gasteiger partial charge in [0, 0.05) is 5.39 Å². The topological polar surface area (TPSA) is 39.4 Å². The molecule has 14 heavy (non-hydrogen) atoms. The minimum Gasteiger partial charge on any atom is -0.465 e. The van der Waals surface area contributed by atoms with Crippen LogP contribution < -0.4 is 0 Å². The third-order valence-electron chi connectivity index (χ3n) is 1.97. The van der Waals surface area contributed by atoms with Crippen LogP contribution in [0.3, 0.4) is 0 Å². The maximum atomic E-state index is 11.3. The number of benzene rings is 1. The van der Waals surface area contributed by atoms with Gasteiger partial charge in [-0.05, 0) is 18.2 Å². The molecule has 3 nitrogen and oxygen atoms in total. The van der Waals surface area contributed by atoms with Crippen molar-refractivity contribution in [1.82, 2.24) is 0 Å². The van der Waals surface area contributed by atoms with Gasteiger partial charge in [-0.2, -0.15) is 0 Å². The Morgan fingerprint density at radius 1 is 1.43 bits per heavy atom. The van der Waals surface area contributed by atoms with Gasteiger partial charge >= 0.3 is 5.97 Å². The zero-order valence-electron chi connectivity index (χ0n) is 7.41. The van der Waals surface area contributed by atoms with Crippen LogP contribution in [-0.4, -0.2) is 13.1 Å². The first kappa shape index (κ1) is 9.09. The van der Waals surface area contributed by atoms with Crippen LogP contribution in [0.15, 0.2) is 28.9 Å². The van der Waals surface area contributed by atoms with E-state index in [9.17, 15) is 4.79 Å². The standard InChI is InChI=1S/C10H7ClO3/c1-13-10(12)7-2-3-8(11)6-4-5-14-9(6)7/h2-5H,1H3. The van der Waals surface area contributed by atoms with Crippen molar-refractivity contribution in [3.63, 3.8) is 0 Å². The first-order valence-electron chi connectivity index (χ1n) is 3.98. The number of carbonyl (C=O) groups excluding carboxylic acids is 1. The Bertz CT molecular complexity index is 487. The molecule has 0 N–H and O–H groups in total. The van der Waals surface area contributed by atoms with E-state index < -0.39 is 5.97 Å². The van der Waals surface area contributed by atoms with Gasteiger partial charge in [-0.15, -0.1) is 0 Å². The number of esters is 1. The number of methoxy groups -OCH3 is 1. The lowest BCUT2D eigenvalue weighted by molar-refractivity contribution is 0.0602. The van der Waals surface area contributed by atoms with E-state index in [0.717, 1.165) is 5.39 Å². The smallest absolute Gasteiger partial charge is 0.341 e. The minimum absolute atomic E-state index is 0.386. The van der Waals surface area contributed by atoms with Crippen molar-refractivity contribution in [3.8, 4) is 0 Å². The van der Waals surface area contributed by atoms with Crippen LogP contribution >= 0.6 is 11.6 Å². The van der Waals surface area contributed by atoms with Crippen LogP contribution in [-0.2, 0) is 4.74 Å². The van der Waals surface area contributed by atoms with Crippen LogP contribution in [0.4, 0.5) is 0 Å². The molecule has 0 atom stereocenters. The van der Waals surface area contributed by atoms with Crippen molar-refractivity contribution in [2.45, 2.75) is 0 Å². The highest BCUT2D eigenvalue weighted by atomic mass is 35.5. The summed E-state index contributed by atoms with van der Waals surface area (Å²) in [6.07, 6.45) is 1.49. The zero-order valence-corrected chi connectivity index (χ0v) is 8.17. The summed E-state index contributed by atoms with van der Waals surface area (Å²) in [6.45, 7) is 0. The van der Waals surface area contributed by atoms with Gasteiger partial charge < -0.3 is 9.15 Å². The quantitative estimate of drug-likeness (QED) is 0.680. The summed E-state index contributed by atoms with van der Waals surface area (Å²) in [6, 6.07) is 4.94. The van der Waals surface area contributed by atoms with E-state index in [1.807, 2.05) is 0 Å². The van der Waals surface area contributed by atoms with Crippen molar-refractivity contribution in [2.75, 3.05) is 7.11 Å². The Hall–Kier alpha value is -1.48. The molecule has 0 aliphatic carbocycles. The molecule has 0 amide bonds. The fourth-order valence-corrected chi connectivity index (χ4v) is 1.51. The number of hydrogen-bond donors (Lipinski definition) is 0. The fraction of sp³-hybridized carbons (Fsp3) is 0.100. The predicted molar refractivity (Wildman–Crippen MR) is 52.6 cm³/mol. The number of ether oxygens (including phenoxy) is 1. The molecular formula is C10H7ClO3. The van der Waals surface area contributed by atoms with E-state index in [1.165, 1.54) is 13.4 Å². The first-order valence-corrected chi connectivity index (χ1v) is 4.36. The van der Waals surface area contributed by atoms with Gasteiger partial charge in [-0.25, -0.2) is 4.79 Å². The molecule has 0 aliphatic heterocycles. The number of halogens is 1.